The second kappa shape index (κ2) is 4.37. The molecular formula is C9H16. The predicted octanol–water partition coefficient (Wildman–Crippen LogP) is 3.16. The minimum atomic E-state index is 0.667. The SMILES string of the molecule is CC(C)=CC=CC(C)C. The Balaban J connectivity index is 3.60. The standard InChI is InChI=1S/C9H16/c1-8(2)6-5-7-9(3)4/h5-8H,1-4H3. The molecule has 0 saturated carbocycles. The maximum absolute atomic E-state index is 2.19. The first kappa shape index (κ1) is 8.48. The van der Waals surface area contributed by atoms with Gasteiger partial charge in [-0.2, -0.15) is 0 Å². The van der Waals surface area contributed by atoms with E-state index < -0.39 is 0 Å². The van der Waals surface area contributed by atoms with Crippen LogP contribution in [0.3, 0.4) is 0 Å². The molecule has 0 aromatic heterocycles. The third-order valence-corrected chi connectivity index (χ3v) is 0.926. The molecule has 0 amide bonds. The highest BCUT2D eigenvalue weighted by atomic mass is 13.9. The molecule has 0 aliphatic carbocycles. The van der Waals surface area contributed by atoms with Crippen molar-refractivity contribution in [2.45, 2.75) is 27.7 Å². The van der Waals surface area contributed by atoms with Crippen LogP contribution in [0.5, 0.6) is 0 Å². The Kier molecular flexibility index (Phi) is 4.12. The van der Waals surface area contributed by atoms with Gasteiger partial charge in [0.25, 0.3) is 0 Å². The van der Waals surface area contributed by atoms with Crippen LogP contribution in [-0.2, 0) is 0 Å². The summed E-state index contributed by atoms with van der Waals surface area (Å²) in [6, 6.07) is 0. The molecule has 0 rings (SSSR count). The molecule has 0 aliphatic heterocycles. The number of hydrogen-bond donors (Lipinski definition) is 0. The van der Waals surface area contributed by atoms with Crippen LogP contribution in [0.25, 0.3) is 0 Å². The van der Waals surface area contributed by atoms with Crippen LogP contribution in [0.15, 0.2) is 23.8 Å². The molecule has 0 unspecified atom stereocenters. The van der Waals surface area contributed by atoms with Crippen molar-refractivity contribution in [1.82, 2.24) is 0 Å². The first-order valence-corrected chi connectivity index (χ1v) is 3.44. The van der Waals surface area contributed by atoms with Gasteiger partial charge in [0.05, 0.1) is 0 Å². The van der Waals surface area contributed by atoms with Gasteiger partial charge in [-0.1, -0.05) is 37.6 Å². The fourth-order valence-electron chi connectivity index (χ4n) is 0.470. The van der Waals surface area contributed by atoms with Crippen molar-refractivity contribution in [3.8, 4) is 0 Å². The quantitative estimate of drug-likeness (QED) is 0.496. The van der Waals surface area contributed by atoms with E-state index in [1.807, 2.05) is 0 Å². The molecule has 0 N–H and O–H groups in total. The fourth-order valence-corrected chi connectivity index (χ4v) is 0.470. The summed E-state index contributed by atoms with van der Waals surface area (Å²) in [5, 5.41) is 0. The number of allylic oxidation sites excluding steroid dienone is 4. The van der Waals surface area contributed by atoms with E-state index in [9.17, 15) is 0 Å². The Morgan fingerprint density at radius 1 is 1.22 bits per heavy atom. The van der Waals surface area contributed by atoms with Gasteiger partial charge in [-0.15, -0.1) is 0 Å². The second-order valence-corrected chi connectivity index (χ2v) is 2.87. The Hall–Kier alpha value is -0.520. The lowest BCUT2D eigenvalue weighted by atomic mass is 10.2. The molecule has 0 aromatic carbocycles. The molecule has 0 fully saturated rings. The Morgan fingerprint density at radius 3 is 2.11 bits per heavy atom. The zero-order valence-corrected chi connectivity index (χ0v) is 6.81. The molecule has 52 valence electrons. The summed E-state index contributed by atoms with van der Waals surface area (Å²) in [6.07, 6.45) is 6.42. The fraction of sp³-hybridized carbons (Fsp3) is 0.556. The largest absolute Gasteiger partial charge is 0.0820 e. The van der Waals surface area contributed by atoms with E-state index in [4.69, 9.17) is 0 Å². The van der Waals surface area contributed by atoms with Crippen molar-refractivity contribution in [3.63, 3.8) is 0 Å². The smallest absolute Gasteiger partial charge is 0.0287 e. The average Bonchev–Trinajstić information content (AvgIpc) is 1.63. The van der Waals surface area contributed by atoms with Crippen molar-refractivity contribution in [1.29, 1.82) is 0 Å². The number of hydrogen-bond acceptors (Lipinski definition) is 0. The van der Waals surface area contributed by atoms with Gasteiger partial charge in [-0.05, 0) is 19.8 Å². The monoisotopic (exact) mass is 124 g/mol. The third-order valence-electron chi connectivity index (χ3n) is 0.926. The van der Waals surface area contributed by atoms with E-state index in [1.54, 1.807) is 0 Å². The zero-order valence-electron chi connectivity index (χ0n) is 6.81. The van der Waals surface area contributed by atoms with Crippen molar-refractivity contribution >= 4 is 0 Å². The molecule has 0 heteroatoms. The van der Waals surface area contributed by atoms with Gasteiger partial charge in [-0.3, -0.25) is 0 Å². The normalized spacial score (nSPS) is 10.8. The van der Waals surface area contributed by atoms with E-state index in [-0.39, 0.29) is 0 Å². The summed E-state index contributed by atoms with van der Waals surface area (Å²) in [4.78, 5) is 0. The number of rotatable bonds is 2. The highest BCUT2D eigenvalue weighted by Gasteiger charge is 1.79. The summed E-state index contributed by atoms with van der Waals surface area (Å²) in [6.45, 7) is 8.56. The van der Waals surface area contributed by atoms with Gasteiger partial charge in [0.2, 0.25) is 0 Å². The molecule has 9 heavy (non-hydrogen) atoms. The van der Waals surface area contributed by atoms with Gasteiger partial charge in [0.15, 0.2) is 0 Å². The van der Waals surface area contributed by atoms with Crippen LogP contribution in [0.2, 0.25) is 0 Å². The van der Waals surface area contributed by atoms with Crippen LogP contribution in [0.1, 0.15) is 27.7 Å². The minimum absolute atomic E-state index is 0.667. The second-order valence-electron chi connectivity index (χ2n) is 2.87. The van der Waals surface area contributed by atoms with Crippen molar-refractivity contribution in [2.24, 2.45) is 5.92 Å². The Morgan fingerprint density at radius 2 is 1.78 bits per heavy atom. The van der Waals surface area contributed by atoms with E-state index in [1.165, 1.54) is 5.57 Å². The van der Waals surface area contributed by atoms with Crippen molar-refractivity contribution in [2.75, 3.05) is 0 Å². The maximum atomic E-state index is 2.19. The molecule has 0 aliphatic rings. The van der Waals surface area contributed by atoms with Gasteiger partial charge in [-0.25, -0.2) is 0 Å². The van der Waals surface area contributed by atoms with E-state index in [2.05, 4.69) is 45.9 Å². The zero-order chi connectivity index (χ0) is 7.28. The van der Waals surface area contributed by atoms with Crippen LogP contribution in [-0.4, -0.2) is 0 Å². The molecule has 0 atom stereocenters. The van der Waals surface area contributed by atoms with Crippen LogP contribution >= 0.6 is 0 Å². The average molecular weight is 124 g/mol. The van der Waals surface area contributed by atoms with Crippen LogP contribution in [0.4, 0.5) is 0 Å². The lowest BCUT2D eigenvalue weighted by molar-refractivity contribution is 0.832. The summed E-state index contributed by atoms with van der Waals surface area (Å²) in [5.74, 6) is 0.667. The molecule has 0 saturated heterocycles. The lowest BCUT2D eigenvalue weighted by Crippen LogP contribution is -1.74. The van der Waals surface area contributed by atoms with E-state index in [0.29, 0.717) is 5.92 Å². The maximum Gasteiger partial charge on any atom is -0.0287 e. The van der Waals surface area contributed by atoms with Crippen LogP contribution < -0.4 is 0 Å². The van der Waals surface area contributed by atoms with E-state index >= 15 is 0 Å². The first-order valence-electron chi connectivity index (χ1n) is 3.44. The summed E-state index contributed by atoms with van der Waals surface area (Å²) >= 11 is 0. The van der Waals surface area contributed by atoms with Crippen molar-refractivity contribution in [3.05, 3.63) is 23.8 Å². The van der Waals surface area contributed by atoms with Gasteiger partial charge in [0.1, 0.15) is 0 Å². The summed E-state index contributed by atoms with van der Waals surface area (Å²) < 4.78 is 0. The predicted molar refractivity (Wildman–Crippen MR) is 43.4 cm³/mol. The van der Waals surface area contributed by atoms with Gasteiger partial charge in [0, 0.05) is 0 Å². The molecule has 0 nitrogen and oxygen atoms in total. The highest BCUT2D eigenvalue weighted by Crippen LogP contribution is 1.95. The molecule has 0 radical (unpaired) electrons. The van der Waals surface area contributed by atoms with E-state index in [0.717, 1.165) is 0 Å². The molecule has 0 spiro atoms. The van der Waals surface area contributed by atoms with Crippen molar-refractivity contribution < 1.29 is 0 Å². The Labute approximate surface area is 58.3 Å². The minimum Gasteiger partial charge on any atom is -0.0820 e. The molecular weight excluding hydrogens is 108 g/mol. The lowest BCUT2D eigenvalue weighted by Gasteiger charge is -1.89. The Bertz CT molecular complexity index is 112. The first-order chi connectivity index (χ1) is 4.13. The highest BCUT2D eigenvalue weighted by molar-refractivity contribution is 5.08. The molecule has 0 aromatic rings. The van der Waals surface area contributed by atoms with Gasteiger partial charge >= 0.3 is 0 Å². The summed E-state index contributed by atoms with van der Waals surface area (Å²) in [7, 11) is 0. The van der Waals surface area contributed by atoms with Crippen LogP contribution in [0, 0.1) is 5.92 Å². The molecule has 0 bridgehead atoms. The topological polar surface area (TPSA) is 0 Å². The molecule has 0 heterocycles. The third kappa shape index (κ3) is 7.48. The van der Waals surface area contributed by atoms with Gasteiger partial charge < -0.3 is 0 Å². The summed E-state index contributed by atoms with van der Waals surface area (Å²) in [5.41, 5.74) is 1.35.